The Balaban J connectivity index is 3.43. The number of hydrogen-bond donors (Lipinski definition) is 2. The van der Waals surface area contributed by atoms with Crippen molar-refractivity contribution in [2.75, 3.05) is 19.7 Å². The fraction of sp³-hybridized carbons (Fsp3) is 0.917. The van der Waals surface area contributed by atoms with Crippen molar-refractivity contribution in [2.24, 2.45) is 0 Å². The summed E-state index contributed by atoms with van der Waals surface area (Å²) in [7, 11) is 0. The third kappa shape index (κ3) is 8.68. The van der Waals surface area contributed by atoms with Gasteiger partial charge in [0.1, 0.15) is 0 Å². The van der Waals surface area contributed by atoms with Gasteiger partial charge in [-0.2, -0.15) is 0 Å². The zero-order chi connectivity index (χ0) is 12.4. The molecule has 1 amide bonds. The molecule has 0 spiro atoms. The molecule has 0 aliphatic heterocycles. The summed E-state index contributed by atoms with van der Waals surface area (Å²) >= 11 is 0. The van der Waals surface area contributed by atoms with E-state index in [2.05, 4.69) is 24.5 Å². The summed E-state index contributed by atoms with van der Waals surface area (Å²) in [5.74, 6) is 0.0678. The Morgan fingerprint density at radius 2 is 1.88 bits per heavy atom. The highest BCUT2D eigenvalue weighted by atomic mass is 16.5. The first-order valence-corrected chi connectivity index (χ1v) is 6.21. The minimum absolute atomic E-state index is 0.0678. The van der Waals surface area contributed by atoms with E-state index in [4.69, 9.17) is 4.74 Å². The van der Waals surface area contributed by atoms with Crippen LogP contribution in [-0.2, 0) is 9.53 Å². The fourth-order valence-corrected chi connectivity index (χ4v) is 1.34. The van der Waals surface area contributed by atoms with E-state index in [1.807, 2.05) is 13.8 Å². The van der Waals surface area contributed by atoms with E-state index < -0.39 is 0 Å². The predicted octanol–water partition coefficient (Wildman–Crippen LogP) is 1.31. The standard InChI is InChI=1S/C12H26N2O2/c1-5-11(6-2)14-12(15)9-13-7-8-16-10(3)4/h10-11,13H,5-9H2,1-4H3,(H,14,15). The third-order valence-electron chi connectivity index (χ3n) is 2.37. The van der Waals surface area contributed by atoms with Gasteiger partial charge >= 0.3 is 0 Å². The van der Waals surface area contributed by atoms with Crippen LogP contribution < -0.4 is 10.6 Å². The molecule has 4 heteroatoms. The molecule has 96 valence electrons. The molecule has 0 bridgehead atoms. The number of hydrogen-bond acceptors (Lipinski definition) is 3. The van der Waals surface area contributed by atoms with Crippen molar-refractivity contribution >= 4 is 5.91 Å². The molecule has 0 atom stereocenters. The van der Waals surface area contributed by atoms with E-state index in [1.54, 1.807) is 0 Å². The molecular formula is C12H26N2O2. The van der Waals surface area contributed by atoms with Gasteiger partial charge in [-0.05, 0) is 26.7 Å². The van der Waals surface area contributed by atoms with Gasteiger partial charge in [0.15, 0.2) is 0 Å². The quantitative estimate of drug-likeness (QED) is 0.587. The van der Waals surface area contributed by atoms with Gasteiger partial charge in [0, 0.05) is 12.6 Å². The second-order valence-corrected chi connectivity index (χ2v) is 4.18. The molecule has 0 aromatic rings. The third-order valence-corrected chi connectivity index (χ3v) is 2.37. The molecule has 0 radical (unpaired) electrons. The lowest BCUT2D eigenvalue weighted by molar-refractivity contribution is -0.121. The van der Waals surface area contributed by atoms with Gasteiger partial charge in [-0.15, -0.1) is 0 Å². The Morgan fingerprint density at radius 3 is 2.38 bits per heavy atom. The molecule has 4 nitrogen and oxygen atoms in total. The molecule has 0 fully saturated rings. The van der Waals surface area contributed by atoms with Crippen LogP contribution in [-0.4, -0.2) is 37.7 Å². The lowest BCUT2D eigenvalue weighted by Crippen LogP contribution is -2.40. The van der Waals surface area contributed by atoms with Crippen molar-refractivity contribution in [1.29, 1.82) is 0 Å². The Morgan fingerprint density at radius 1 is 1.25 bits per heavy atom. The van der Waals surface area contributed by atoms with E-state index >= 15 is 0 Å². The smallest absolute Gasteiger partial charge is 0.234 e. The van der Waals surface area contributed by atoms with Crippen LogP contribution in [0.4, 0.5) is 0 Å². The minimum Gasteiger partial charge on any atom is -0.377 e. The van der Waals surface area contributed by atoms with E-state index in [0.29, 0.717) is 25.7 Å². The zero-order valence-electron chi connectivity index (χ0n) is 11.0. The summed E-state index contributed by atoms with van der Waals surface area (Å²) in [5.41, 5.74) is 0. The molecule has 0 heterocycles. The highest BCUT2D eigenvalue weighted by Crippen LogP contribution is 1.94. The van der Waals surface area contributed by atoms with Crippen molar-refractivity contribution in [2.45, 2.75) is 52.7 Å². The molecule has 0 unspecified atom stereocenters. The van der Waals surface area contributed by atoms with E-state index in [0.717, 1.165) is 12.8 Å². The molecule has 16 heavy (non-hydrogen) atoms. The lowest BCUT2D eigenvalue weighted by atomic mass is 10.2. The SMILES string of the molecule is CCC(CC)NC(=O)CNCCOC(C)C. The minimum atomic E-state index is 0.0678. The van der Waals surface area contributed by atoms with Gasteiger partial charge in [0.2, 0.25) is 5.91 Å². The van der Waals surface area contributed by atoms with Crippen molar-refractivity contribution in [3.8, 4) is 0 Å². The van der Waals surface area contributed by atoms with E-state index in [9.17, 15) is 4.79 Å². The van der Waals surface area contributed by atoms with Crippen LogP contribution in [0, 0.1) is 0 Å². The first-order valence-electron chi connectivity index (χ1n) is 6.21. The van der Waals surface area contributed by atoms with Crippen molar-refractivity contribution < 1.29 is 9.53 Å². The van der Waals surface area contributed by atoms with Crippen LogP contribution in [0.3, 0.4) is 0 Å². The first kappa shape index (κ1) is 15.4. The monoisotopic (exact) mass is 230 g/mol. The summed E-state index contributed by atoms with van der Waals surface area (Å²) in [6.07, 6.45) is 2.22. The van der Waals surface area contributed by atoms with Crippen LogP contribution in [0.2, 0.25) is 0 Å². The zero-order valence-corrected chi connectivity index (χ0v) is 11.0. The number of rotatable bonds is 9. The maximum absolute atomic E-state index is 11.5. The Hall–Kier alpha value is -0.610. The first-order chi connectivity index (χ1) is 7.60. The van der Waals surface area contributed by atoms with Gasteiger partial charge in [-0.25, -0.2) is 0 Å². The van der Waals surface area contributed by atoms with Crippen molar-refractivity contribution in [3.63, 3.8) is 0 Å². The number of carbonyl (C=O) groups is 1. The molecule has 0 saturated heterocycles. The summed E-state index contributed by atoms with van der Waals surface area (Å²) in [4.78, 5) is 11.5. The average molecular weight is 230 g/mol. The summed E-state index contributed by atoms with van der Waals surface area (Å²) in [5, 5.41) is 6.03. The molecule has 0 aromatic carbocycles. The molecule has 0 rings (SSSR count). The Bertz CT molecular complexity index is 180. The highest BCUT2D eigenvalue weighted by molar-refractivity contribution is 5.78. The van der Waals surface area contributed by atoms with Gasteiger partial charge in [0.05, 0.1) is 19.3 Å². The van der Waals surface area contributed by atoms with Gasteiger partial charge in [0.25, 0.3) is 0 Å². The molecule has 0 saturated carbocycles. The van der Waals surface area contributed by atoms with E-state index in [1.165, 1.54) is 0 Å². The second-order valence-electron chi connectivity index (χ2n) is 4.18. The summed E-state index contributed by atoms with van der Waals surface area (Å²) in [6.45, 7) is 9.90. The average Bonchev–Trinajstić information content (AvgIpc) is 2.25. The topological polar surface area (TPSA) is 50.4 Å². The summed E-state index contributed by atoms with van der Waals surface area (Å²) in [6, 6.07) is 0.307. The fourth-order valence-electron chi connectivity index (χ4n) is 1.34. The number of carbonyl (C=O) groups excluding carboxylic acids is 1. The maximum atomic E-state index is 11.5. The normalized spacial score (nSPS) is 11.1. The number of ether oxygens (including phenoxy) is 1. The van der Waals surface area contributed by atoms with Crippen molar-refractivity contribution in [1.82, 2.24) is 10.6 Å². The van der Waals surface area contributed by atoms with Gasteiger partial charge in [-0.3, -0.25) is 4.79 Å². The van der Waals surface area contributed by atoms with E-state index in [-0.39, 0.29) is 12.0 Å². The van der Waals surface area contributed by atoms with Crippen molar-refractivity contribution in [3.05, 3.63) is 0 Å². The van der Waals surface area contributed by atoms with Crippen LogP contribution in [0.15, 0.2) is 0 Å². The highest BCUT2D eigenvalue weighted by Gasteiger charge is 2.07. The van der Waals surface area contributed by atoms with Gasteiger partial charge < -0.3 is 15.4 Å². The Labute approximate surface area is 99.1 Å². The number of nitrogens with one attached hydrogen (secondary N) is 2. The predicted molar refractivity (Wildman–Crippen MR) is 66.5 cm³/mol. The Kier molecular flexibility index (Phi) is 9.24. The van der Waals surface area contributed by atoms with Crippen LogP contribution in [0.1, 0.15) is 40.5 Å². The number of amides is 1. The van der Waals surface area contributed by atoms with Crippen LogP contribution in [0.5, 0.6) is 0 Å². The second kappa shape index (κ2) is 9.60. The molecule has 2 N–H and O–H groups in total. The summed E-state index contributed by atoms with van der Waals surface area (Å²) < 4.78 is 5.35. The molecule has 0 aliphatic carbocycles. The van der Waals surface area contributed by atoms with Crippen LogP contribution in [0.25, 0.3) is 0 Å². The molecular weight excluding hydrogens is 204 g/mol. The van der Waals surface area contributed by atoms with Gasteiger partial charge in [-0.1, -0.05) is 13.8 Å². The largest absolute Gasteiger partial charge is 0.377 e. The molecule has 0 aliphatic rings. The molecule has 0 aromatic heterocycles. The maximum Gasteiger partial charge on any atom is 0.234 e. The lowest BCUT2D eigenvalue weighted by Gasteiger charge is -2.15. The van der Waals surface area contributed by atoms with Crippen LogP contribution >= 0.6 is 0 Å².